The van der Waals surface area contributed by atoms with Crippen LogP contribution in [0.1, 0.15) is 0 Å². The van der Waals surface area contributed by atoms with Crippen LogP contribution >= 0.6 is 35.0 Å². The van der Waals surface area contributed by atoms with Crippen LogP contribution in [-0.4, -0.2) is 34.9 Å². The van der Waals surface area contributed by atoms with Crippen molar-refractivity contribution in [2.24, 2.45) is 0 Å². The summed E-state index contributed by atoms with van der Waals surface area (Å²) in [5.41, 5.74) is 2.53. The Kier molecular flexibility index (Phi) is 6.43. The first-order valence-corrected chi connectivity index (χ1v) is 9.64. The summed E-state index contributed by atoms with van der Waals surface area (Å²) in [6, 6.07) is 12.9. The van der Waals surface area contributed by atoms with Crippen LogP contribution in [0, 0.1) is 0 Å². The lowest BCUT2D eigenvalue weighted by molar-refractivity contribution is -0.113. The number of para-hydroxylation sites is 2. The summed E-state index contributed by atoms with van der Waals surface area (Å²) < 4.78 is 7.25. The number of nitrogens with zero attached hydrogens (tertiary/aromatic N) is 2. The van der Waals surface area contributed by atoms with Crippen molar-refractivity contribution in [1.29, 1.82) is 0 Å². The zero-order valence-electron chi connectivity index (χ0n) is 14.0. The smallest absolute Gasteiger partial charge is 0.234 e. The van der Waals surface area contributed by atoms with Gasteiger partial charge in [0.2, 0.25) is 5.91 Å². The Hall–Kier alpha value is -1.73. The molecule has 1 N–H and O–H groups in total. The number of thioether (sulfide) groups is 1. The highest BCUT2D eigenvalue weighted by molar-refractivity contribution is 7.99. The zero-order valence-corrected chi connectivity index (χ0v) is 16.4. The molecule has 26 heavy (non-hydrogen) atoms. The van der Waals surface area contributed by atoms with Crippen molar-refractivity contribution in [3.05, 3.63) is 52.5 Å². The molecular formula is C18H17Cl2N3O2S. The standard InChI is InChI=1S/C18H17Cl2N3O2S/c1-25-9-8-23-16-5-3-2-4-15(16)22-18(23)26-11-17(24)21-12-6-7-13(19)14(20)10-12/h2-7,10H,8-9,11H2,1H3,(H,21,24). The number of aromatic nitrogens is 2. The van der Waals surface area contributed by atoms with E-state index in [1.807, 2.05) is 24.3 Å². The first-order valence-electron chi connectivity index (χ1n) is 7.90. The molecule has 0 aliphatic heterocycles. The van der Waals surface area contributed by atoms with E-state index in [9.17, 15) is 4.79 Å². The number of anilines is 1. The molecule has 1 aromatic heterocycles. The number of imidazole rings is 1. The number of hydrogen-bond acceptors (Lipinski definition) is 4. The van der Waals surface area contributed by atoms with Crippen LogP contribution in [0.25, 0.3) is 11.0 Å². The van der Waals surface area contributed by atoms with E-state index in [-0.39, 0.29) is 11.7 Å². The lowest BCUT2D eigenvalue weighted by atomic mass is 10.3. The highest BCUT2D eigenvalue weighted by Gasteiger charge is 2.13. The quantitative estimate of drug-likeness (QED) is 0.573. The molecule has 0 saturated heterocycles. The molecule has 0 fully saturated rings. The Balaban J connectivity index is 1.70. The summed E-state index contributed by atoms with van der Waals surface area (Å²) in [6.45, 7) is 1.25. The van der Waals surface area contributed by atoms with E-state index in [2.05, 4.69) is 14.9 Å². The molecule has 0 atom stereocenters. The number of halogens is 2. The summed E-state index contributed by atoms with van der Waals surface area (Å²) in [5, 5.41) is 4.45. The van der Waals surface area contributed by atoms with E-state index < -0.39 is 0 Å². The van der Waals surface area contributed by atoms with E-state index in [1.54, 1.807) is 25.3 Å². The molecule has 1 amide bonds. The lowest BCUT2D eigenvalue weighted by Gasteiger charge is -2.09. The van der Waals surface area contributed by atoms with Gasteiger partial charge in [-0.3, -0.25) is 4.79 Å². The van der Waals surface area contributed by atoms with Crippen molar-refractivity contribution < 1.29 is 9.53 Å². The number of fused-ring (bicyclic) bond motifs is 1. The molecule has 3 aromatic rings. The Labute approximate surface area is 165 Å². The molecule has 1 heterocycles. The number of rotatable bonds is 7. The van der Waals surface area contributed by atoms with E-state index in [1.165, 1.54) is 11.8 Å². The van der Waals surface area contributed by atoms with Gasteiger partial charge in [0.1, 0.15) is 0 Å². The fourth-order valence-electron chi connectivity index (χ4n) is 2.46. The lowest BCUT2D eigenvalue weighted by Crippen LogP contribution is -2.15. The van der Waals surface area contributed by atoms with Gasteiger partial charge in [-0.05, 0) is 30.3 Å². The van der Waals surface area contributed by atoms with Crippen LogP contribution < -0.4 is 5.32 Å². The monoisotopic (exact) mass is 409 g/mol. The van der Waals surface area contributed by atoms with Gasteiger partial charge in [0.05, 0.1) is 33.4 Å². The molecule has 0 unspecified atom stereocenters. The van der Waals surface area contributed by atoms with E-state index >= 15 is 0 Å². The molecule has 8 heteroatoms. The van der Waals surface area contributed by atoms with Gasteiger partial charge in [-0.2, -0.15) is 0 Å². The Bertz CT molecular complexity index is 930. The molecule has 0 spiro atoms. The number of benzene rings is 2. The first-order chi connectivity index (χ1) is 12.6. The number of carbonyl (C=O) groups excluding carboxylic acids is 1. The predicted octanol–water partition coefficient (Wildman–Crippen LogP) is 4.72. The highest BCUT2D eigenvalue weighted by Crippen LogP contribution is 2.26. The normalized spacial score (nSPS) is 11.0. The molecule has 0 radical (unpaired) electrons. The zero-order chi connectivity index (χ0) is 18.5. The Morgan fingerprint density at radius 1 is 1.23 bits per heavy atom. The molecule has 3 rings (SSSR count). The van der Waals surface area contributed by atoms with Gasteiger partial charge >= 0.3 is 0 Å². The molecule has 0 bridgehead atoms. The maximum atomic E-state index is 12.3. The van der Waals surface area contributed by atoms with Crippen molar-refractivity contribution >= 4 is 57.6 Å². The first kappa shape index (κ1) is 19.0. The second-order valence-electron chi connectivity index (χ2n) is 5.49. The van der Waals surface area contributed by atoms with Crippen LogP contribution in [0.5, 0.6) is 0 Å². The SMILES string of the molecule is COCCn1c(SCC(=O)Nc2ccc(Cl)c(Cl)c2)nc2ccccc21. The third-order valence-electron chi connectivity index (χ3n) is 3.67. The molecule has 0 aliphatic carbocycles. The third kappa shape index (κ3) is 4.51. The second-order valence-corrected chi connectivity index (χ2v) is 7.25. The summed E-state index contributed by atoms with van der Waals surface area (Å²) in [4.78, 5) is 16.9. The van der Waals surface area contributed by atoms with E-state index in [4.69, 9.17) is 27.9 Å². The van der Waals surface area contributed by atoms with Gasteiger partial charge in [-0.25, -0.2) is 4.98 Å². The molecule has 5 nitrogen and oxygen atoms in total. The maximum absolute atomic E-state index is 12.3. The van der Waals surface area contributed by atoms with Gasteiger partial charge < -0.3 is 14.6 Å². The van der Waals surface area contributed by atoms with Crippen LogP contribution in [0.4, 0.5) is 5.69 Å². The Morgan fingerprint density at radius 2 is 2.04 bits per heavy atom. The van der Waals surface area contributed by atoms with Crippen LogP contribution in [0.3, 0.4) is 0 Å². The molecule has 0 saturated carbocycles. The summed E-state index contributed by atoms with van der Waals surface area (Å²) in [5.74, 6) is 0.0926. The Morgan fingerprint density at radius 3 is 2.81 bits per heavy atom. The number of carbonyl (C=O) groups is 1. The van der Waals surface area contributed by atoms with Crippen LogP contribution in [-0.2, 0) is 16.1 Å². The van der Waals surface area contributed by atoms with Gasteiger partial charge in [-0.15, -0.1) is 0 Å². The highest BCUT2D eigenvalue weighted by atomic mass is 35.5. The summed E-state index contributed by atoms with van der Waals surface area (Å²) in [7, 11) is 1.66. The topological polar surface area (TPSA) is 56.1 Å². The summed E-state index contributed by atoms with van der Waals surface area (Å²) in [6.07, 6.45) is 0. The fourth-order valence-corrected chi connectivity index (χ4v) is 3.60. The van der Waals surface area contributed by atoms with Crippen molar-refractivity contribution in [2.45, 2.75) is 11.7 Å². The number of hydrogen-bond donors (Lipinski definition) is 1. The van der Waals surface area contributed by atoms with Gasteiger partial charge in [0.25, 0.3) is 0 Å². The number of amides is 1. The van der Waals surface area contributed by atoms with Crippen LogP contribution in [0.2, 0.25) is 10.0 Å². The van der Waals surface area contributed by atoms with Gasteiger partial charge in [-0.1, -0.05) is 47.1 Å². The number of nitrogens with one attached hydrogen (secondary N) is 1. The number of methoxy groups -OCH3 is 1. The molecule has 0 aliphatic rings. The maximum Gasteiger partial charge on any atom is 0.234 e. The fraction of sp³-hybridized carbons (Fsp3) is 0.222. The predicted molar refractivity (Wildman–Crippen MR) is 107 cm³/mol. The second kappa shape index (κ2) is 8.77. The third-order valence-corrected chi connectivity index (χ3v) is 5.39. The largest absolute Gasteiger partial charge is 0.383 e. The van der Waals surface area contributed by atoms with Crippen LogP contribution in [0.15, 0.2) is 47.6 Å². The van der Waals surface area contributed by atoms with Crippen molar-refractivity contribution in [1.82, 2.24) is 9.55 Å². The summed E-state index contributed by atoms with van der Waals surface area (Å²) >= 11 is 13.2. The minimum atomic E-state index is -0.140. The van der Waals surface area contributed by atoms with Gasteiger partial charge in [0.15, 0.2) is 5.16 Å². The van der Waals surface area contributed by atoms with Gasteiger partial charge in [0, 0.05) is 19.3 Å². The average molecular weight is 410 g/mol. The molecule has 136 valence electrons. The van der Waals surface area contributed by atoms with Crippen molar-refractivity contribution in [3.63, 3.8) is 0 Å². The van der Waals surface area contributed by atoms with E-state index in [0.717, 1.165) is 16.2 Å². The minimum absolute atomic E-state index is 0.140. The van der Waals surface area contributed by atoms with Crippen molar-refractivity contribution in [2.75, 3.05) is 24.8 Å². The number of ether oxygens (including phenoxy) is 1. The molecule has 2 aromatic carbocycles. The average Bonchev–Trinajstić information content (AvgIpc) is 2.99. The molecular weight excluding hydrogens is 393 g/mol. The van der Waals surface area contributed by atoms with Crippen molar-refractivity contribution in [3.8, 4) is 0 Å². The van der Waals surface area contributed by atoms with E-state index in [0.29, 0.717) is 28.9 Å². The minimum Gasteiger partial charge on any atom is -0.383 e.